The van der Waals surface area contributed by atoms with Gasteiger partial charge < -0.3 is 15.0 Å². The third-order valence-electron chi connectivity index (χ3n) is 3.76. The molecule has 2 rings (SSSR count). The Kier molecular flexibility index (Phi) is 5.38. The van der Waals surface area contributed by atoms with Gasteiger partial charge in [-0.3, -0.25) is 4.98 Å². The van der Waals surface area contributed by atoms with Crippen molar-refractivity contribution in [2.45, 2.75) is 58.8 Å². The van der Waals surface area contributed by atoms with Crippen molar-refractivity contribution in [3.05, 3.63) is 24.0 Å². The second kappa shape index (κ2) is 7.04. The van der Waals surface area contributed by atoms with Gasteiger partial charge in [0.1, 0.15) is 0 Å². The minimum Gasteiger partial charge on any atom is -0.375 e. The van der Waals surface area contributed by atoms with Gasteiger partial charge in [0, 0.05) is 31.0 Å². The number of ether oxygens (including phenoxy) is 1. The van der Waals surface area contributed by atoms with Crippen LogP contribution < -0.4 is 10.2 Å². The fourth-order valence-corrected chi connectivity index (χ4v) is 2.55. The van der Waals surface area contributed by atoms with Crippen LogP contribution in [-0.2, 0) is 11.3 Å². The third-order valence-corrected chi connectivity index (χ3v) is 3.76. The first-order valence-corrected chi connectivity index (χ1v) is 7.66. The SMILES string of the molecule is CCC1COC(C)CN1c1ccnc(CNC(C)C)c1. The molecule has 1 fully saturated rings. The molecule has 1 aliphatic rings. The zero-order valence-corrected chi connectivity index (χ0v) is 13.1. The average molecular weight is 277 g/mol. The van der Waals surface area contributed by atoms with Crippen LogP contribution in [0.1, 0.15) is 39.8 Å². The predicted octanol–water partition coefficient (Wildman–Crippen LogP) is 2.58. The quantitative estimate of drug-likeness (QED) is 0.897. The first kappa shape index (κ1) is 15.3. The lowest BCUT2D eigenvalue weighted by Crippen LogP contribution is -2.48. The number of hydrogen-bond donors (Lipinski definition) is 1. The standard InChI is InChI=1S/C16H27N3O/c1-5-15-11-20-13(4)10-19(15)16-6-7-17-14(8-16)9-18-12(2)3/h6-8,12-13,15,18H,5,9-11H2,1-4H3. The highest BCUT2D eigenvalue weighted by atomic mass is 16.5. The molecule has 0 amide bonds. The van der Waals surface area contributed by atoms with E-state index in [2.05, 4.69) is 55.0 Å². The van der Waals surface area contributed by atoms with Gasteiger partial charge in [-0.2, -0.15) is 0 Å². The van der Waals surface area contributed by atoms with Crippen molar-refractivity contribution < 1.29 is 4.74 Å². The largest absolute Gasteiger partial charge is 0.375 e. The lowest BCUT2D eigenvalue weighted by atomic mass is 10.1. The molecule has 0 aromatic carbocycles. The highest BCUT2D eigenvalue weighted by Crippen LogP contribution is 2.23. The van der Waals surface area contributed by atoms with E-state index in [0.29, 0.717) is 18.2 Å². The van der Waals surface area contributed by atoms with E-state index in [4.69, 9.17) is 4.74 Å². The molecular weight excluding hydrogens is 250 g/mol. The van der Waals surface area contributed by atoms with Gasteiger partial charge in [0.25, 0.3) is 0 Å². The van der Waals surface area contributed by atoms with Crippen molar-refractivity contribution in [2.75, 3.05) is 18.1 Å². The number of hydrogen-bond acceptors (Lipinski definition) is 4. The molecule has 2 heterocycles. The minimum atomic E-state index is 0.295. The maximum absolute atomic E-state index is 5.77. The Morgan fingerprint density at radius 2 is 2.30 bits per heavy atom. The Morgan fingerprint density at radius 1 is 1.50 bits per heavy atom. The molecule has 2 atom stereocenters. The molecule has 0 spiro atoms. The summed E-state index contributed by atoms with van der Waals surface area (Å²) in [5, 5.41) is 3.42. The molecule has 4 nitrogen and oxygen atoms in total. The zero-order chi connectivity index (χ0) is 14.5. The van der Waals surface area contributed by atoms with Gasteiger partial charge in [-0.15, -0.1) is 0 Å². The second-order valence-electron chi connectivity index (χ2n) is 5.90. The van der Waals surface area contributed by atoms with Crippen molar-refractivity contribution >= 4 is 5.69 Å². The zero-order valence-electron chi connectivity index (χ0n) is 13.1. The van der Waals surface area contributed by atoms with Crippen molar-refractivity contribution in [2.24, 2.45) is 0 Å². The lowest BCUT2D eigenvalue weighted by Gasteiger charge is -2.40. The van der Waals surface area contributed by atoms with E-state index in [1.165, 1.54) is 5.69 Å². The van der Waals surface area contributed by atoms with E-state index in [1.54, 1.807) is 0 Å². The summed E-state index contributed by atoms with van der Waals surface area (Å²) in [6.45, 7) is 11.3. The monoisotopic (exact) mass is 277 g/mol. The van der Waals surface area contributed by atoms with E-state index < -0.39 is 0 Å². The summed E-state index contributed by atoms with van der Waals surface area (Å²) in [5.74, 6) is 0. The molecule has 1 saturated heterocycles. The number of morpholine rings is 1. The summed E-state index contributed by atoms with van der Waals surface area (Å²) in [4.78, 5) is 6.92. The number of rotatable bonds is 5. The van der Waals surface area contributed by atoms with Crippen LogP contribution in [0.3, 0.4) is 0 Å². The van der Waals surface area contributed by atoms with Gasteiger partial charge >= 0.3 is 0 Å². The summed E-state index contributed by atoms with van der Waals surface area (Å²) in [6.07, 6.45) is 3.32. The molecule has 1 N–H and O–H groups in total. The fourth-order valence-electron chi connectivity index (χ4n) is 2.55. The van der Waals surface area contributed by atoms with E-state index in [9.17, 15) is 0 Å². The van der Waals surface area contributed by atoms with Crippen LogP contribution in [0.4, 0.5) is 5.69 Å². The van der Waals surface area contributed by atoms with Crippen LogP contribution in [0.25, 0.3) is 0 Å². The van der Waals surface area contributed by atoms with E-state index in [-0.39, 0.29) is 0 Å². The Balaban J connectivity index is 2.11. The highest BCUT2D eigenvalue weighted by molar-refractivity contribution is 5.48. The van der Waals surface area contributed by atoms with Gasteiger partial charge in [0.05, 0.1) is 24.4 Å². The molecule has 1 aromatic heterocycles. The lowest BCUT2D eigenvalue weighted by molar-refractivity contribution is 0.0299. The number of pyridine rings is 1. The van der Waals surface area contributed by atoms with E-state index in [1.807, 2.05) is 6.20 Å². The van der Waals surface area contributed by atoms with E-state index in [0.717, 1.165) is 31.8 Å². The highest BCUT2D eigenvalue weighted by Gasteiger charge is 2.25. The Hall–Kier alpha value is -1.13. The van der Waals surface area contributed by atoms with Gasteiger partial charge in [0.15, 0.2) is 0 Å². The van der Waals surface area contributed by atoms with Gasteiger partial charge in [-0.05, 0) is 25.5 Å². The topological polar surface area (TPSA) is 37.4 Å². The van der Waals surface area contributed by atoms with Crippen molar-refractivity contribution in [1.82, 2.24) is 10.3 Å². The normalized spacial score (nSPS) is 23.4. The molecule has 112 valence electrons. The van der Waals surface area contributed by atoms with Crippen LogP contribution in [-0.4, -0.2) is 36.3 Å². The van der Waals surface area contributed by atoms with Crippen LogP contribution in [0.5, 0.6) is 0 Å². The molecule has 0 aliphatic carbocycles. The van der Waals surface area contributed by atoms with Crippen LogP contribution in [0.2, 0.25) is 0 Å². The minimum absolute atomic E-state index is 0.295. The molecular formula is C16H27N3O. The van der Waals surface area contributed by atoms with Crippen molar-refractivity contribution in [3.8, 4) is 0 Å². The summed E-state index contributed by atoms with van der Waals surface area (Å²) < 4.78 is 5.77. The number of nitrogens with one attached hydrogen (secondary N) is 1. The van der Waals surface area contributed by atoms with Gasteiger partial charge in [-0.25, -0.2) is 0 Å². The number of aromatic nitrogens is 1. The Bertz CT molecular complexity index is 422. The first-order chi connectivity index (χ1) is 9.60. The summed E-state index contributed by atoms with van der Waals surface area (Å²) >= 11 is 0. The Morgan fingerprint density at radius 3 is 3.00 bits per heavy atom. The average Bonchev–Trinajstić information content (AvgIpc) is 2.45. The second-order valence-corrected chi connectivity index (χ2v) is 5.90. The summed E-state index contributed by atoms with van der Waals surface area (Å²) in [6, 6.07) is 5.27. The maximum atomic E-state index is 5.77. The molecule has 2 unspecified atom stereocenters. The van der Waals surface area contributed by atoms with Crippen LogP contribution >= 0.6 is 0 Å². The van der Waals surface area contributed by atoms with Gasteiger partial charge in [-0.1, -0.05) is 20.8 Å². The van der Waals surface area contributed by atoms with Crippen molar-refractivity contribution in [3.63, 3.8) is 0 Å². The predicted molar refractivity (Wildman–Crippen MR) is 83.1 cm³/mol. The maximum Gasteiger partial charge on any atom is 0.0723 e. The molecule has 1 aromatic rings. The molecule has 1 aliphatic heterocycles. The molecule has 4 heteroatoms. The summed E-state index contributed by atoms with van der Waals surface area (Å²) in [7, 11) is 0. The molecule has 0 radical (unpaired) electrons. The number of nitrogens with zero attached hydrogens (tertiary/aromatic N) is 2. The third kappa shape index (κ3) is 3.93. The molecule has 0 bridgehead atoms. The smallest absolute Gasteiger partial charge is 0.0723 e. The van der Waals surface area contributed by atoms with E-state index >= 15 is 0 Å². The fraction of sp³-hybridized carbons (Fsp3) is 0.688. The van der Waals surface area contributed by atoms with Crippen LogP contribution in [0, 0.1) is 0 Å². The summed E-state index contributed by atoms with van der Waals surface area (Å²) in [5.41, 5.74) is 2.37. The first-order valence-electron chi connectivity index (χ1n) is 7.66. The number of anilines is 1. The van der Waals surface area contributed by atoms with Crippen LogP contribution in [0.15, 0.2) is 18.3 Å². The molecule has 20 heavy (non-hydrogen) atoms. The van der Waals surface area contributed by atoms with Gasteiger partial charge in [0.2, 0.25) is 0 Å². The molecule has 0 saturated carbocycles. The van der Waals surface area contributed by atoms with Crippen molar-refractivity contribution in [1.29, 1.82) is 0 Å². The Labute approximate surface area is 122 Å².